The summed E-state index contributed by atoms with van der Waals surface area (Å²) in [6, 6.07) is 8.68. The Morgan fingerprint density at radius 2 is 2.30 bits per heavy atom. The maximum atomic E-state index is 13.9. The quantitative estimate of drug-likeness (QED) is 0.909. The lowest BCUT2D eigenvalue weighted by atomic mass is 10.0. The highest BCUT2D eigenvalue weighted by Gasteiger charge is 2.23. The number of hydrogen-bond donors (Lipinski definition) is 2. The van der Waals surface area contributed by atoms with Crippen molar-refractivity contribution in [1.82, 2.24) is 15.5 Å². The highest BCUT2D eigenvalue weighted by Crippen LogP contribution is 2.22. The predicted molar refractivity (Wildman–Crippen MR) is 86.8 cm³/mol. The number of amides is 1. The fraction of sp³-hybridized carbons (Fsp3) is 0.412. The molecule has 0 bridgehead atoms. The van der Waals surface area contributed by atoms with Gasteiger partial charge in [-0.3, -0.25) is 9.89 Å². The van der Waals surface area contributed by atoms with Crippen LogP contribution in [0.2, 0.25) is 0 Å². The molecule has 0 saturated carbocycles. The minimum atomic E-state index is -0.216. The fourth-order valence-electron chi connectivity index (χ4n) is 3.03. The number of aryl methyl sites for hydroxylation is 1. The Morgan fingerprint density at radius 3 is 3.04 bits per heavy atom. The van der Waals surface area contributed by atoms with Gasteiger partial charge in [-0.15, -0.1) is 0 Å². The van der Waals surface area contributed by atoms with Gasteiger partial charge in [-0.2, -0.15) is 5.10 Å². The highest BCUT2D eigenvalue weighted by atomic mass is 19.1. The van der Waals surface area contributed by atoms with E-state index >= 15 is 0 Å². The van der Waals surface area contributed by atoms with Crippen LogP contribution >= 0.6 is 0 Å². The number of anilines is 1. The zero-order valence-corrected chi connectivity index (χ0v) is 13.2. The molecule has 1 fully saturated rings. The average Bonchev–Trinajstić information content (AvgIpc) is 2.93. The van der Waals surface area contributed by atoms with Gasteiger partial charge in [0.2, 0.25) is 5.91 Å². The van der Waals surface area contributed by atoms with Crippen molar-refractivity contribution < 1.29 is 9.18 Å². The normalized spacial score (nSPS) is 18.0. The zero-order chi connectivity index (χ0) is 16.2. The number of aromatic nitrogens is 2. The number of carbonyl (C=O) groups is 1. The van der Waals surface area contributed by atoms with E-state index < -0.39 is 0 Å². The van der Waals surface area contributed by atoms with Gasteiger partial charge in [0.15, 0.2) is 0 Å². The lowest BCUT2D eigenvalue weighted by molar-refractivity contribution is -0.121. The van der Waals surface area contributed by atoms with Crippen LogP contribution in [0.1, 0.15) is 24.2 Å². The van der Waals surface area contributed by atoms with Gasteiger partial charge >= 0.3 is 0 Å². The van der Waals surface area contributed by atoms with Crippen LogP contribution in [0.5, 0.6) is 0 Å². The Bertz CT molecular complexity index is 685. The summed E-state index contributed by atoms with van der Waals surface area (Å²) in [4.78, 5) is 14.1. The van der Waals surface area contributed by atoms with Crippen molar-refractivity contribution >= 4 is 11.6 Å². The largest absolute Gasteiger partial charge is 0.367 e. The van der Waals surface area contributed by atoms with Gasteiger partial charge in [-0.25, -0.2) is 4.39 Å². The number of piperidine rings is 1. The van der Waals surface area contributed by atoms with Crippen molar-refractivity contribution in [2.24, 2.45) is 0 Å². The molecule has 2 heterocycles. The lowest BCUT2D eigenvalue weighted by Crippen LogP contribution is -2.48. The topological polar surface area (TPSA) is 61.0 Å². The molecule has 6 heteroatoms. The summed E-state index contributed by atoms with van der Waals surface area (Å²) in [7, 11) is 0. The monoisotopic (exact) mass is 316 g/mol. The molecule has 1 amide bonds. The van der Waals surface area contributed by atoms with Crippen LogP contribution in [0.4, 0.5) is 10.1 Å². The Balaban J connectivity index is 1.58. The van der Waals surface area contributed by atoms with Crippen molar-refractivity contribution in [3.63, 3.8) is 0 Å². The molecule has 2 aromatic rings. The second kappa shape index (κ2) is 6.81. The number of rotatable bonds is 4. The van der Waals surface area contributed by atoms with E-state index in [2.05, 4.69) is 15.5 Å². The van der Waals surface area contributed by atoms with Crippen LogP contribution in [-0.2, 0) is 11.2 Å². The number of nitrogens with one attached hydrogen (secondary N) is 2. The molecule has 1 aromatic heterocycles. The third-order valence-corrected chi connectivity index (χ3v) is 4.08. The Hall–Kier alpha value is -2.37. The summed E-state index contributed by atoms with van der Waals surface area (Å²) in [5.41, 5.74) is 2.28. The minimum absolute atomic E-state index is 0.0379. The van der Waals surface area contributed by atoms with Crippen LogP contribution in [0, 0.1) is 12.7 Å². The van der Waals surface area contributed by atoms with Crippen LogP contribution < -0.4 is 10.2 Å². The number of benzene rings is 1. The fourth-order valence-corrected chi connectivity index (χ4v) is 3.03. The first-order valence-electron chi connectivity index (χ1n) is 7.91. The third-order valence-electron chi connectivity index (χ3n) is 4.08. The van der Waals surface area contributed by atoms with Gasteiger partial charge in [0, 0.05) is 24.8 Å². The van der Waals surface area contributed by atoms with E-state index in [0.717, 1.165) is 30.8 Å². The maximum absolute atomic E-state index is 13.9. The van der Waals surface area contributed by atoms with Crippen LogP contribution in [0.3, 0.4) is 0 Å². The van der Waals surface area contributed by atoms with Crippen LogP contribution in [0.25, 0.3) is 0 Å². The molecular formula is C17H21FN4O. The van der Waals surface area contributed by atoms with Crippen LogP contribution in [-0.4, -0.2) is 35.2 Å². The summed E-state index contributed by atoms with van der Waals surface area (Å²) in [5.74, 6) is -0.261. The maximum Gasteiger partial charge on any atom is 0.226 e. The van der Waals surface area contributed by atoms with E-state index in [1.807, 2.05) is 24.0 Å². The first-order valence-corrected chi connectivity index (χ1v) is 7.91. The lowest BCUT2D eigenvalue weighted by Gasteiger charge is -2.34. The smallest absolute Gasteiger partial charge is 0.226 e. The highest BCUT2D eigenvalue weighted by molar-refractivity contribution is 5.78. The standard InChI is InChI=1S/C17H21FN4O/c1-12-9-14(21-20-12)10-17(23)19-13-5-4-8-22(11-13)16-7-3-2-6-15(16)18/h2-3,6-7,9,13H,4-5,8,10-11H2,1H3,(H,19,23)(H,20,21)/t13-/m1/s1. The molecular weight excluding hydrogens is 295 g/mol. The average molecular weight is 316 g/mol. The van der Waals surface area contributed by atoms with Crippen molar-refractivity contribution in [3.05, 3.63) is 47.5 Å². The number of hydrogen-bond acceptors (Lipinski definition) is 3. The van der Waals surface area contributed by atoms with E-state index in [4.69, 9.17) is 0 Å². The number of H-pyrrole nitrogens is 1. The van der Waals surface area contributed by atoms with Crippen molar-refractivity contribution in [1.29, 1.82) is 0 Å². The Labute approximate surface area is 134 Å². The summed E-state index contributed by atoms with van der Waals surface area (Å²) in [5, 5.41) is 9.95. The van der Waals surface area contributed by atoms with Gasteiger partial charge in [0.1, 0.15) is 5.82 Å². The second-order valence-electron chi connectivity index (χ2n) is 6.02. The molecule has 1 aliphatic rings. The van der Waals surface area contributed by atoms with Gasteiger partial charge in [-0.1, -0.05) is 12.1 Å². The number of carbonyl (C=O) groups excluding carboxylic acids is 1. The third kappa shape index (κ3) is 3.88. The molecule has 0 spiro atoms. The van der Waals surface area contributed by atoms with Gasteiger partial charge in [0.25, 0.3) is 0 Å². The summed E-state index contributed by atoms with van der Waals surface area (Å²) >= 11 is 0. The molecule has 5 nitrogen and oxygen atoms in total. The molecule has 1 atom stereocenters. The zero-order valence-electron chi connectivity index (χ0n) is 13.2. The van der Waals surface area contributed by atoms with Crippen molar-refractivity contribution in [2.75, 3.05) is 18.0 Å². The first kappa shape index (κ1) is 15.5. The Kier molecular flexibility index (Phi) is 4.60. The van der Waals surface area contributed by atoms with Gasteiger partial charge in [0.05, 0.1) is 17.8 Å². The number of halogens is 1. The number of para-hydroxylation sites is 1. The summed E-state index contributed by atoms with van der Waals surface area (Å²) in [6.07, 6.45) is 2.11. The molecule has 0 aliphatic carbocycles. The van der Waals surface area contributed by atoms with E-state index in [9.17, 15) is 9.18 Å². The van der Waals surface area contributed by atoms with Crippen molar-refractivity contribution in [2.45, 2.75) is 32.2 Å². The molecule has 1 saturated heterocycles. The van der Waals surface area contributed by atoms with Crippen LogP contribution in [0.15, 0.2) is 30.3 Å². The molecule has 1 aliphatic heterocycles. The second-order valence-corrected chi connectivity index (χ2v) is 6.02. The molecule has 0 radical (unpaired) electrons. The SMILES string of the molecule is Cc1cc(CC(=O)N[C@@H]2CCCN(c3ccccc3F)C2)n[nH]1. The molecule has 23 heavy (non-hydrogen) atoms. The molecule has 1 aromatic carbocycles. The van der Waals surface area contributed by atoms with Crippen molar-refractivity contribution in [3.8, 4) is 0 Å². The van der Waals surface area contributed by atoms with Gasteiger partial charge in [-0.05, 0) is 38.0 Å². The summed E-state index contributed by atoms with van der Waals surface area (Å²) < 4.78 is 13.9. The molecule has 3 rings (SSSR count). The Morgan fingerprint density at radius 1 is 1.48 bits per heavy atom. The number of aromatic amines is 1. The van der Waals surface area contributed by atoms with E-state index in [1.165, 1.54) is 6.07 Å². The molecule has 0 unspecified atom stereocenters. The minimum Gasteiger partial charge on any atom is -0.367 e. The summed E-state index contributed by atoms with van der Waals surface area (Å²) in [6.45, 7) is 3.35. The van der Waals surface area contributed by atoms with Gasteiger partial charge < -0.3 is 10.2 Å². The van der Waals surface area contributed by atoms with E-state index in [1.54, 1.807) is 12.1 Å². The number of nitrogens with zero attached hydrogens (tertiary/aromatic N) is 2. The molecule has 122 valence electrons. The van der Waals surface area contributed by atoms with E-state index in [0.29, 0.717) is 12.2 Å². The first-order chi connectivity index (χ1) is 11.1. The molecule has 2 N–H and O–H groups in total. The predicted octanol–water partition coefficient (Wildman–Crippen LogP) is 2.18. The van der Waals surface area contributed by atoms with E-state index in [-0.39, 0.29) is 24.2 Å².